The number of para-hydroxylation sites is 1. The van der Waals surface area contributed by atoms with Gasteiger partial charge in [-0.3, -0.25) is 4.79 Å². The van der Waals surface area contributed by atoms with Crippen LogP contribution in [0.15, 0.2) is 18.2 Å². The number of carboxylic acid groups (broad SMARTS) is 1. The number of rotatable bonds is 8. The van der Waals surface area contributed by atoms with Crippen molar-refractivity contribution in [2.24, 2.45) is 5.92 Å². The van der Waals surface area contributed by atoms with Gasteiger partial charge in [-0.05, 0) is 56.7 Å². The van der Waals surface area contributed by atoms with Gasteiger partial charge in [0, 0.05) is 19.1 Å². The first kappa shape index (κ1) is 22.5. The summed E-state index contributed by atoms with van der Waals surface area (Å²) < 4.78 is 5.39. The van der Waals surface area contributed by atoms with Crippen molar-refractivity contribution < 1.29 is 29.5 Å². The summed E-state index contributed by atoms with van der Waals surface area (Å²) in [4.78, 5) is 23.9. The topological polar surface area (TPSA) is 140 Å². The largest absolute Gasteiger partial charge is 0.547 e. The number of hydrogen-bond donors (Lipinski definition) is 6. The Morgan fingerprint density at radius 1 is 1.23 bits per heavy atom. The van der Waals surface area contributed by atoms with Gasteiger partial charge in [0.25, 0.3) is 0 Å². The number of likely N-dealkylation sites (N-methyl/N-ethyl adjacent to an activating group) is 1. The minimum atomic E-state index is -1.39. The van der Waals surface area contributed by atoms with Gasteiger partial charge in [-0.2, -0.15) is 0 Å². The fourth-order valence-electron chi connectivity index (χ4n) is 4.24. The number of fused-ring (bicyclic) bond motifs is 1. The Kier molecular flexibility index (Phi) is 7.71. The minimum absolute atomic E-state index is 0.0311. The monoisotopic (exact) mass is 419 g/mol. The molecular formula is C20H30BN3O6. The van der Waals surface area contributed by atoms with Gasteiger partial charge in [0.15, 0.2) is 0 Å². The van der Waals surface area contributed by atoms with E-state index in [-0.39, 0.29) is 23.7 Å². The molecule has 2 atom stereocenters. The lowest BCUT2D eigenvalue weighted by molar-refractivity contribution is -0.133. The Morgan fingerprint density at radius 3 is 2.63 bits per heavy atom. The third-order valence-corrected chi connectivity index (χ3v) is 5.97. The highest BCUT2D eigenvalue weighted by Crippen LogP contribution is 2.31. The molecule has 0 spiro atoms. The van der Waals surface area contributed by atoms with Crippen molar-refractivity contribution in [3.05, 3.63) is 29.3 Å². The molecule has 1 saturated carbocycles. The van der Waals surface area contributed by atoms with E-state index in [1.165, 1.54) is 6.07 Å². The van der Waals surface area contributed by atoms with Gasteiger partial charge in [-0.1, -0.05) is 12.1 Å². The molecule has 0 radical (unpaired) electrons. The van der Waals surface area contributed by atoms with Crippen LogP contribution >= 0.6 is 0 Å². The number of benzene rings is 1. The Bertz CT molecular complexity index is 756. The van der Waals surface area contributed by atoms with Crippen molar-refractivity contribution in [3.8, 4) is 5.75 Å². The average molecular weight is 419 g/mol. The minimum Gasteiger partial charge on any atom is -0.534 e. The second-order valence-electron chi connectivity index (χ2n) is 8.04. The lowest BCUT2D eigenvalue weighted by Crippen LogP contribution is -2.56. The summed E-state index contributed by atoms with van der Waals surface area (Å²) in [7, 11) is 0.521. The van der Waals surface area contributed by atoms with Crippen LogP contribution in [0.2, 0.25) is 0 Å². The van der Waals surface area contributed by atoms with Crippen LogP contribution in [0.25, 0.3) is 0 Å². The third kappa shape index (κ3) is 5.31. The number of carboxylic acids is 1. The number of hydrogen-bond acceptors (Lipinski definition) is 7. The first-order valence-electron chi connectivity index (χ1n) is 10.5. The number of amides is 1. The van der Waals surface area contributed by atoms with Crippen molar-refractivity contribution in [2.75, 3.05) is 20.1 Å². The maximum atomic E-state index is 12.6. The molecule has 0 saturated heterocycles. The zero-order valence-corrected chi connectivity index (χ0v) is 17.1. The molecule has 6 N–H and O–H groups in total. The van der Waals surface area contributed by atoms with E-state index in [1.807, 2.05) is 7.05 Å². The first-order chi connectivity index (χ1) is 14.4. The molecule has 10 heteroatoms. The smallest absolute Gasteiger partial charge is 0.534 e. The van der Waals surface area contributed by atoms with Crippen molar-refractivity contribution >= 4 is 19.0 Å². The summed E-state index contributed by atoms with van der Waals surface area (Å²) >= 11 is 0. The number of aliphatic hydroxyl groups excluding tert-OH is 1. The quantitative estimate of drug-likeness (QED) is 0.246. The highest BCUT2D eigenvalue weighted by atomic mass is 16.5. The van der Waals surface area contributed by atoms with E-state index < -0.39 is 31.0 Å². The molecule has 1 aliphatic heterocycles. The van der Waals surface area contributed by atoms with Crippen LogP contribution in [-0.2, 0) is 11.2 Å². The van der Waals surface area contributed by atoms with Crippen LogP contribution in [0, 0.1) is 5.92 Å². The van der Waals surface area contributed by atoms with E-state index >= 15 is 0 Å². The van der Waals surface area contributed by atoms with Crippen molar-refractivity contribution in [2.45, 2.75) is 50.2 Å². The van der Waals surface area contributed by atoms with Gasteiger partial charge in [0.05, 0.1) is 11.5 Å². The van der Waals surface area contributed by atoms with E-state index in [0.29, 0.717) is 11.6 Å². The van der Waals surface area contributed by atoms with Crippen LogP contribution in [0.1, 0.15) is 41.6 Å². The Hall–Kier alpha value is -2.14. The Labute approximate surface area is 176 Å². The number of aromatic carboxylic acids is 1. The summed E-state index contributed by atoms with van der Waals surface area (Å²) in [6.07, 6.45) is 2.37. The molecule has 30 heavy (non-hydrogen) atoms. The number of nitrogens with one attached hydrogen (secondary N) is 3. The third-order valence-electron chi connectivity index (χ3n) is 5.97. The first-order valence-corrected chi connectivity index (χ1v) is 10.5. The highest BCUT2D eigenvalue weighted by molar-refractivity contribution is 6.47. The molecule has 1 aromatic rings. The molecule has 0 bridgehead atoms. The van der Waals surface area contributed by atoms with Crippen LogP contribution in [0.3, 0.4) is 0 Å². The Morgan fingerprint density at radius 2 is 1.97 bits per heavy atom. The average Bonchev–Trinajstić information content (AvgIpc) is 2.74. The van der Waals surface area contributed by atoms with E-state index in [0.717, 1.165) is 38.8 Å². The van der Waals surface area contributed by atoms with E-state index in [9.17, 15) is 24.8 Å². The van der Waals surface area contributed by atoms with Gasteiger partial charge >= 0.3 is 13.1 Å². The number of carbonyl (C=O) groups excluding carboxylic acids is 1. The molecular weight excluding hydrogens is 389 g/mol. The molecule has 1 aromatic carbocycles. The molecule has 1 fully saturated rings. The SMILES string of the molecule is CNCCNC1CCC(C(O)C(=O)N[C@H]2Cc3cccc(C(=O)O)c3OB2O)CC1. The van der Waals surface area contributed by atoms with E-state index in [1.54, 1.807) is 12.1 Å². The van der Waals surface area contributed by atoms with Crippen molar-refractivity contribution in [3.63, 3.8) is 0 Å². The fraction of sp³-hybridized carbons (Fsp3) is 0.600. The van der Waals surface area contributed by atoms with Crippen LogP contribution in [0.5, 0.6) is 5.75 Å². The molecule has 1 aliphatic carbocycles. The Balaban J connectivity index is 1.53. The van der Waals surface area contributed by atoms with Crippen LogP contribution < -0.4 is 20.6 Å². The van der Waals surface area contributed by atoms with E-state index in [2.05, 4.69) is 16.0 Å². The van der Waals surface area contributed by atoms with Gasteiger partial charge in [-0.25, -0.2) is 4.79 Å². The van der Waals surface area contributed by atoms with Gasteiger partial charge < -0.3 is 35.8 Å². The standard InChI is InChI=1S/C20H30BN3O6/c1-22-9-10-23-14-7-5-12(6-8-14)17(25)19(26)24-16-11-13-3-2-4-15(20(27)28)18(13)30-21(16)29/h2-4,12,14,16-17,22-23,25,29H,5-11H2,1H3,(H,24,26)(H,27,28)/t12?,14?,16-,17?/m0/s1. The van der Waals surface area contributed by atoms with Crippen LogP contribution in [0.4, 0.5) is 0 Å². The molecule has 164 valence electrons. The molecule has 1 unspecified atom stereocenters. The summed E-state index contributed by atoms with van der Waals surface area (Å²) in [5.41, 5.74) is 0.560. The second kappa shape index (κ2) is 10.3. The highest BCUT2D eigenvalue weighted by Gasteiger charge is 2.39. The molecule has 3 rings (SSSR count). The molecule has 2 aliphatic rings. The number of carbonyl (C=O) groups is 2. The summed E-state index contributed by atoms with van der Waals surface area (Å²) in [5, 5.41) is 39.3. The zero-order valence-electron chi connectivity index (χ0n) is 17.1. The zero-order chi connectivity index (χ0) is 21.7. The van der Waals surface area contributed by atoms with Crippen molar-refractivity contribution in [1.29, 1.82) is 0 Å². The second-order valence-corrected chi connectivity index (χ2v) is 8.04. The molecule has 1 amide bonds. The maximum Gasteiger partial charge on any atom is 0.547 e. The predicted molar refractivity (Wildman–Crippen MR) is 111 cm³/mol. The summed E-state index contributed by atoms with van der Waals surface area (Å²) in [6, 6.07) is 5.10. The van der Waals surface area contributed by atoms with E-state index in [4.69, 9.17) is 4.65 Å². The molecule has 0 aromatic heterocycles. The van der Waals surface area contributed by atoms with Gasteiger partial charge in [0.1, 0.15) is 11.9 Å². The normalized spacial score (nSPS) is 24.5. The summed E-state index contributed by atoms with van der Waals surface area (Å²) in [6.45, 7) is 1.79. The van der Waals surface area contributed by atoms with Crippen molar-refractivity contribution in [1.82, 2.24) is 16.0 Å². The summed E-state index contributed by atoms with van der Waals surface area (Å²) in [5.74, 6) is -2.45. The lowest BCUT2D eigenvalue weighted by atomic mass is 9.72. The van der Waals surface area contributed by atoms with Crippen LogP contribution in [-0.4, -0.2) is 72.5 Å². The lowest BCUT2D eigenvalue weighted by Gasteiger charge is -2.33. The fourth-order valence-corrected chi connectivity index (χ4v) is 4.24. The predicted octanol–water partition coefficient (Wildman–Crippen LogP) is -0.447. The molecule has 1 heterocycles. The molecule has 9 nitrogen and oxygen atoms in total. The van der Waals surface area contributed by atoms with Gasteiger partial charge in [-0.15, -0.1) is 0 Å². The number of aliphatic hydroxyl groups is 1. The van der Waals surface area contributed by atoms with Gasteiger partial charge in [0.2, 0.25) is 5.91 Å². The maximum absolute atomic E-state index is 12.6.